The lowest BCUT2D eigenvalue weighted by atomic mass is 10.0. The van der Waals surface area contributed by atoms with Gasteiger partial charge in [0.25, 0.3) is 0 Å². The maximum atomic E-state index is 12.6. The summed E-state index contributed by atoms with van der Waals surface area (Å²) in [7, 11) is 7.65. The van der Waals surface area contributed by atoms with Crippen LogP contribution in [0.2, 0.25) is 0 Å². The molecular weight excluding hydrogens is 480 g/mol. The molecular formula is C28H36N8O2. The lowest BCUT2D eigenvalue weighted by molar-refractivity contribution is -0.111. The van der Waals surface area contributed by atoms with Gasteiger partial charge in [-0.25, -0.2) is 9.97 Å². The number of likely N-dealkylation sites (N-methyl/N-ethyl adjacent to an activating group) is 2. The van der Waals surface area contributed by atoms with Crippen LogP contribution in [0.15, 0.2) is 55.4 Å². The van der Waals surface area contributed by atoms with E-state index in [1.807, 2.05) is 45.5 Å². The van der Waals surface area contributed by atoms with Crippen LogP contribution in [0.25, 0.3) is 11.3 Å². The van der Waals surface area contributed by atoms with E-state index in [2.05, 4.69) is 41.8 Å². The molecule has 0 radical (unpaired) electrons. The van der Waals surface area contributed by atoms with E-state index in [9.17, 15) is 4.79 Å². The first-order valence-corrected chi connectivity index (χ1v) is 12.7. The van der Waals surface area contributed by atoms with Crippen molar-refractivity contribution in [1.82, 2.24) is 24.6 Å². The third kappa shape index (κ3) is 6.38. The highest BCUT2D eigenvalue weighted by molar-refractivity contribution is 6.02. The number of nitrogens with zero attached hydrogens (tertiary/aromatic N) is 6. The van der Waals surface area contributed by atoms with Crippen molar-refractivity contribution in [1.29, 1.82) is 0 Å². The number of ether oxygens (including phenoxy) is 1. The number of amides is 1. The van der Waals surface area contributed by atoms with Gasteiger partial charge in [-0.15, -0.1) is 0 Å². The molecule has 1 aliphatic rings. The number of rotatable bonds is 11. The highest BCUT2D eigenvalue weighted by atomic mass is 16.5. The molecule has 0 unspecified atom stereocenters. The van der Waals surface area contributed by atoms with Crippen LogP contribution < -0.4 is 20.3 Å². The Hall–Kier alpha value is -4.18. The van der Waals surface area contributed by atoms with Crippen LogP contribution in [-0.2, 0) is 17.8 Å². The van der Waals surface area contributed by atoms with Crippen LogP contribution in [0, 0.1) is 0 Å². The number of aromatic nitrogens is 4. The quantitative estimate of drug-likeness (QED) is 0.290. The Balaban J connectivity index is 1.67. The van der Waals surface area contributed by atoms with Gasteiger partial charge in [-0.3, -0.25) is 9.48 Å². The van der Waals surface area contributed by atoms with Gasteiger partial charge >= 0.3 is 0 Å². The lowest BCUT2D eigenvalue weighted by Gasteiger charge is -2.26. The third-order valence-electron chi connectivity index (χ3n) is 6.41. The Morgan fingerprint density at radius 3 is 2.82 bits per heavy atom. The van der Waals surface area contributed by atoms with Crippen molar-refractivity contribution in [2.75, 3.05) is 56.9 Å². The largest absolute Gasteiger partial charge is 0.494 e. The molecule has 200 valence electrons. The van der Waals surface area contributed by atoms with Gasteiger partial charge in [0.15, 0.2) is 0 Å². The van der Waals surface area contributed by atoms with E-state index in [0.717, 1.165) is 55.8 Å². The monoisotopic (exact) mass is 516 g/mol. The van der Waals surface area contributed by atoms with Crippen LogP contribution in [0.5, 0.6) is 5.75 Å². The average molecular weight is 517 g/mol. The minimum Gasteiger partial charge on any atom is -0.494 e. The summed E-state index contributed by atoms with van der Waals surface area (Å²) in [5.41, 5.74) is 5.15. The van der Waals surface area contributed by atoms with Gasteiger partial charge in [0.05, 0.1) is 36.1 Å². The summed E-state index contributed by atoms with van der Waals surface area (Å²) in [6.07, 6.45) is 11.5. The molecule has 0 fully saturated rings. The van der Waals surface area contributed by atoms with E-state index in [-0.39, 0.29) is 5.91 Å². The summed E-state index contributed by atoms with van der Waals surface area (Å²) in [5, 5.41) is 10.8. The smallest absolute Gasteiger partial charge is 0.248 e. The molecule has 38 heavy (non-hydrogen) atoms. The van der Waals surface area contributed by atoms with Crippen molar-refractivity contribution in [3.8, 4) is 17.0 Å². The highest BCUT2D eigenvalue weighted by Gasteiger charge is 2.19. The number of aryl methyl sites for hydroxylation is 1. The van der Waals surface area contributed by atoms with Crippen LogP contribution in [0.3, 0.4) is 0 Å². The number of anilines is 4. The Morgan fingerprint density at radius 2 is 2.05 bits per heavy atom. The zero-order valence-corrected chi connectivity index (χ0v) is 22.6. The summed E-state index contributed by atoms with van der Waals surface area (Å²) in [6, 6.07) is 5.65. The fraction of sp³-hybridized carbons (Fsp3) is 0.357. The number of carbonyl (C=O) groups is 1. The molecule has 1 aliphatic heterocycles. The molecule has 10 heteroatoms. The SMILES string of the molecule is C=C/C=C\C(=O)Nc1cc(Nc2nccc(-c3cnn4c3CCCC4)n2)c(OC)cc1N(C)CCN(C)C. The second kappa shape index (κ2) is 12.4. The van der Waals surface area contributed by atoms with Crippen LogP contribution in [-0.4, -0.2) is 71.9 Å². The summed E-state index contributed by atoms with van der Waals surface area (Å²) in [5.74, 6) is 0.773. The molecule has 2 aromatic heterocycles. The van der Waals surface area contributed by atoms with Crippen molar-refractivity contribution < 1.29 is 9.53 Å². The molecule has 0 spiro atoms. The van der Waals surface area contributed by atoms with Gasteiger partial charge in [-0.1, -0.05) is 18.7 Å². The van der Waals surface area contributed by atoms with Gasteiger partial charge in [0, 0.05) is 56.3 Å². The standard InChI is InChI=1S/C28H36N8O2/c1-6-7-11-27(37)31-22-17-23(26(38-5)18-25(22)35(4)16-15-34(2)3)33-28-29-13-12-21(32-28)20-19-30-36-14-9-8-10-24(20)36/h6-7,11-13,17-19H,1,8-10,14-16H2,2-5H3,(H,31,37)(H,29,32,33)/b11-7-. The molecule has 1 amide bonds. The zero-order chi connectivity index (χ0) is 27.1. The van der Waals surface area contributed by atoms with Crippen molar-refractivity contribution >= 4 is 28.9 Å². The first-order chi connectivity index (χ1) is 18.4. The number of nitrogens with one attached hydrogen (secondary N) is 2. The van der Waals surface area contributed by atoms with E-state index >= 15 is 0 Å². The first kappa shape index (κ1) is 26.9. The van der Waals surface area contributed by atoms with Gasteiger partial charge in [0.1, 0.15) is 5.75 Å². The average Bonchev–Trinajstić information content (AvgIpc) is 3.35. The molecule has 10 nitrogen and oxygen atoms in total. The summed E-state index contributed by atoms with van der Waals surface area (Å²) < 4.78 is 7.80. The van der Waals surface area contributed by atoms with E-state index in [1.54, 1.807) is 25.5 Å². The lowest BCUT2D eigenvalue weighted by Crippen LogP contribution is -2.29. The summed E-state index contributed by atoms with van der Waals surface area (Å²) >= 11 is 0. The highest BCUT2D eigenvalue weighted by Crippen LogP contribution is 2.38. The predicted octanol–water partition coefficient (Wildman–Crippen LogP) is 4.11. The number of carbonyl (C=O) groups excluding carboxylic acids is 1. The van der Waals surface area contributed by atoms with Crippen LogP contribution >= 0.6 is 0 Å². The molecule has 1 aromatic carbocycles. The van der Waals surface area contributed by atoms with Crippen molar-refractivity contribution in [2.24, 2.45) is 0 Å². The molecule has 3 heterocycles. The maximum absolute atomic E-state index is 12.6. The van der Waals surface area contributed by atoms with Gasteiger partial charge in [0.2, 0.25) is 11.9 Å². The zero-order valence-electron chi connectivity index (χ0n) is 22.6. The minimum atomic E-state index is -0.257. The van der Waals surface area contributed by atoms with Crippen molar-refractivity contribution in [3.63, 3.8) is 0 Å². The van der Waals surface area contributed by atoms with Gasteiger partial charge < -0.3 is 25.2 Å². The second-order valence-corrected chi connectivity index (χ2v) is 9.45. The molecule has 3 aromatic rings. The third-order valence-corrected chi connectivity index (χ3v) is 6.41. The Morgan fingerprint density at radius 1 is 1.21 bits per heavy atom. The topological polar surface area (TPSA) is 100 Å². The van der Waals surface area contributed by atoms with Crippen LogP contribution in [0.4, 0.5) is 23.0 Å². The molecule has 0 atom stereocenters. The van der Waals surface area contributed by atoms with Crippen LogP contribution in [0.1, 0.15) is 18.5 Å². The Labute approximate surface area is 224 Å². The molecule has 0 bridgehead atoms. The van der Waals surface area contributed by atoms with E-state index in [4.69, 9.17) is 9.72 Å². The van der Waals surface area contributed by atoms with E-state index < -0.39 is 0 Å². The number of methoxy groups -OCH3 is 1. The molecule has 4 rings (SSSR count). The minimum absolute atomic E-state index is 0.257. The maximum Gasteiger partial charge on any atom is 0.248 e. The second-order valence-electron chi connectivity index (χ2n) is 9.45. The van der Waals surface area contributed by atoms with E-state index in [0.29, 0.717) is 23.1 Å². The summed E-state index contributed by atoms with van der Waals surface area (Å²) in [6.45, 7) is 6.18. The number of hydrogen-bond donors (Lipinski definition) is 2. The molecule has 0 saturated carbocycles. The molecule has 2 N–H and O–H groups in total. The fourth-order valence-electron chi connectivity index (χ4n) is 4.38. The van der Waals surface area contributed by atoms with Gasteiger partial charge in [-0.2, -0.15) is 5.10 Å². The van der Waals surface area contributed by atoms with Crippen molar-refractivity contribution in [2.45, 2.75) is 25.8 Å². The van der Waals surface area contributed by atoms with E-state index in [1.165, 1.54) is 11.8 Å². The molecule has 0 saturated heterocycles. The number of benzene rings is 1. The predicted molar refractivity (Wildman–Crippen MR) is 152 cm³/mol. The molecule has 0 aliphatic carbocycles. The van der Waals surface area contributed by atoms with Crippen molar-refractivity contribution in [3.05, 3.63) is 61.1 Å². The normalized spacial score (nSPS) is 12.9. The number of hydrogen-bond acceptors (Lipinski definition) is 8. The number of allylic oxidation sites excluding steroid dienone is 2. The van der Waals surface area contributed by atoms with Gasteiger partial charge in [-0.05, 0) is 45.5 Å². The number of fused-ring (bicyclic) bond motifs is 1. The fourth-order valence-corrected chi connectivity index (χ4v) is 4.38. The Bertz CT molecular complexity index is 1310. The first-order valence-electron chi connectivity index (χ1n) is 12.7. The Kier molecular flexibility index (Phi) is 8.75. The summed E-state index contributed by atoms with van der Waals surface area (Å²) in [4.78, 5) is 26.0.